The Balaban J connectivity index is 2.08. The Morgan fingerprint density at radius 2 is 2.21 bits per heavy atom. The SMILES string of the molecule is CC(CS(C)=O)NC(=O)CNC1CC1. The molecule has 0 aromatic heterocycles. The van der Waals surface area contributed by atoms with Crippen LogP contribution in [0.1, 0.15) is 19.8 Å². The summed E-state index contributed by atoms with van der Waals surface area (Å²) in [6.45, 7) is 2.25. The molecule has 5 heteroatoms. The van der Waals surface area contributed by atoms with Gasteiger partial charge in [-0.1, -0.05) is 0 Å². The summed E-state index contributed by atoms with van der Waals surface area (Å²) >= 11 is 0. The van der Waals surface area contributed by atoms with Gasteiger partial charge in [0.2, 0.25) is 5.91 Å². The fraction of sp³-hybridized carbons (Fsp3) is 0.889. The molecular weight excluding hydrogens is 200 g/mol. The van der Waals surface area contributed by atoms with Crippen LogP contribution in [0.15, 0.2) is 0 Å². The molecule has 0 bridgehead atoms. The average molecular weight is 218 g/mol. The fourth-order valence-electron chi connectivity index (χ4n) is 1.24. The third-order valence-electron chi connectivity index (χ3n) is 2.02. The molecule has 1 fully saturated rings. The van der Waals surface area contributed by atoms with Crippen molar-refractivity contribution < 1.29 is 9.00 Å². The Bertz CT molecular complexity index is 229. The summed E-state index contributed by atoms with van der Waals surface area (Å²) in [5.74, 6) is 0.518. The third-order valence-corrected chi connectivity index (χ3v) is 2.99. The van der Waals surface area contributed by atoms with E-state index in [-0.39, 0.29) is 11.9 Å². The van der Waals surface area contributed by atoms with E-state index in [1.54, 1.807) is 6.26 Å². The van der Waals surface area contributed by atoms with Crippen molar-refractivity contribution in [1.29, 1.82) is 0 Å². The molecule has 2 N–H and O–H groups in total. The molecule has 1 amide bonds. The van der Waals surface area contributed by atoms with Crippen LogP contribution in [0, 0.1) is 0 Å². The maximum Gasteiger partial charge on any atom is 0.234 e. The van der Waals surface area contributed by atoms with E-state index in [1.807, 2.05) is 6.92 Å². The lowest BCUT2D eigenvalue weighted by Crippen LogP contribution is -2.41. The molecule has 0 aliphatic heterocycles. The van der Waals surface area contributed by atoms with Gasteiger partial charge in [0.1, 0.15) is 0 Å². The van der Waals surface area contributed by atoms with Gasteiger partial charge in [0.25, 0.3) is 0 Å². The lowest BCUT2D eigenvalue weighted by molar-refractivity contribution is -0.120. The fourth-order valence-corrected chi connectivity index (χ4v) is 2.03. The quantitative estimate of drug-likeness (QED) is 0.639. The second-order valence-electron chi connectivity index (χ2n) is 3.86. The van der Waals surface area contributed by atoms with Gasteiger partial charge in [0, 0.05) is 34.9 Å². The lowest BCUT2D eigenvalue weighted by atomic mass is 10.4. The summed E-state index contributed by atoms with van der Waals surface area (Å²) in [6, 6.07) is 0.547. The van der Waals surface area contributed by atoms with Crippen LogP contribution >= 0.6 is 0 Å². The van der Waals surface area contributed by atoms with Crippen molar-refractivity contribution >= 4 is 16.7 Å². The summed E-state index contributed by atoms with van der Waals surface area (Å²) in [6.07, 6.45) is 4.01. The van der Waals surface area contributed by atoms with Crippen molar-refractivity contribution in [2.45, 2.75) is 31.8 Å². The van der Waals surface area contributed by atoms with E-state index in [0.717, 1.165) is 0 Å². The molecule has 1 saturated carbocycles. The number of hydrogen-bond donors (Lipinski definition) is 2. The third kappa shape index (κ3) is 5.34. The molecule has 14 heavy (non-hydrogen) atoms. The van der Waals surface area contributed by atoms with Crippen LogP contribution in [-0.4, -0.2) is 40.8 Å². The standard InChI is InChI=1S/C9H18N2O2S/c1-7(6-14(2)13)11-9(12)5-10-8-3-4-8/h7-8,10H,3-6H2,1-2H3,(H,11,12). The van der Waals surface area contributed by atoms with Crippen molar-refractivity contribution in [3.05, 3.63) is 0 Å². The largest absolute Gasteiger partial charge is 0.352 e. The highest BCUT2D eigenvalue weighted by atomic mass is 32.2. The molecule has 0 spiro atoms. The lowest BCUT2D eigenvalue weighted by Gasteiger charge is -2.12. The molecule has 2 atom stereocenters. The van der Waals surface area contributed by atoms with Gasteiger partial charge in [-0.05, 0) is 19.8 Å². The molecule has 0 saturated heterocycles. The molecule has 2 unspecified atom stereocenters. The number of nitrogens with one attached hydrogen (secondary N) is 2. The van der Waals surface area contributed by atoms with Crippen molar-refractivity contribution in [3.63, 3.8) is 0 Å². The van der Waals surface area contributed by atoms with E-state index in [9.17, 15) is 9.00 Å². The molecule has 0 aromatic rings. The van der Waals surface area contributed by atoms with Gasteiger partial charge in [0.15, 0.2) is 0 Å². The van der Waals surface area contributed by atoms with Crippen LogP contribution in [0.5, 0.6) is 0 Å². The van der Waals surface area contributed by atoms with Gasteiger partial charge in [0.05, 0.1) is 6.54 Å². The first-order valence-electron chi connectivity index (χ1n) is 4.90. The van der Waals surface area contributed by atoms with E-state index in [1.165, 1.54) is 12.8 Å². The second kappa shape index (κ2) is 5.46. The van der Waals surface area contributed by atoms with Crippen molar-refractivity contribution in [2.24, 2.45) is 0 Å². The zero-order valence-electron chi connectivity index (χ0n) is 8.71. The van der Waals surface area contributed by atoms with Crippen LogP contribution in [0.4, 0.5) is 0 Å². The smallest absolute Gasteiger partial charge is 0.234 e. The number of rotatable bonds is 6. The number of carbonyl (C=O) groups excluding carboxylic acids is 1. The molecule has 4 nitrogen and oxygen atoms in total. The van der Waals surface area contributed by atoms with Gasteiger partial charge >= 0.3 is 0 Å². The van der Waals surface area contributed by atoms with Crippen molar-refractivity contribution in [2.75, 3.05) is 18.6 Å². The molecule has 0 heterocycles. The number of hydrogen-bond acceptors (Lipinski definition) is 3. The Labute approximate surface area is 87.3 Å². The summed E-state index contributed by atoms with van der Waals surface area (Å²) in [4.78, 5) is 11.3. The van der Waals surface area contributed by atoms with Gasteiger partial charge in [-0.25, -0.2) is 0 Å². The van der Waals surface area contributed by atoms with Crippen molar-refractivity contribution in [3.8, 4) is 0 Å². The monoisotopic (exact) mass is 218 g/mol. The first-order chi connectivity index (χ1) is 6.58. The summed E-state index contributed by atoms with van der Waals surface area (Å²) < 4.78 is 10.9. The number of amides is 1. The predicted octanol–water partition coefficient (Wildman–Crippen LogP) is -0.378. The number of carbonyl (C=O) groups is 1. The van der Waals surface area contributed by atoms with Crippen LogP contribution in [0.3, 0.4) is 0 Å². The van der Waals surface area contributed by atoms with Crippen LogP contribution in [0.2, 0.25) is 0 Å². The normalized spacial score (nSPS) is 20.1. The first-order valence-corrected chi connectivity index (χ1v) is 6.63. The van der Waals surface area contributed by atoms with Crippen LogP contribution in [-0.2, 0) is 15.6 Å². The Morgan fingerprint density at radius 3 is 2.71 bits per heavy atom. The highest BCUT2D eigenvalue weighted by molar-refractivity contribution is 7.84. The highest BCUT2D eigenvalue weighted by Crippen LogP contribution is 2.17. The van der Waals surface area contributed by atoms with Gasteiger partial charge in [-0.2, -0.15) is 0 Å². The molecule has 0 aromatic carbocycles. The summed E-state index contributed by atoms with van der Waals surface area (Å²) in [7, 11) is -0.848. The molecular formula is C9H18N2O2S. The van der Waals surface area contributed by atoms with E-state index in [0.29, 0.717) is 18.3 Å². The van der Waals surface area contributed by atoms with E-state index in [4.69, 9.17) is 0 Å². The maximum atomic E-state index is 11.3. The summed E-state index contributed by atoms with van der Waals surface area (Å²) in [5, 5.41) is 5.93. The predicted molar refractivity (Wildman–Crippen MR) is 57.6 cm³/mol. The molecule has 0 radical (unpaired) electrons. The van der Waals surface area contributed by atoms with Gasteiger partial charge in [-0.15, -0.1) is 0 Å². The highest BCUT2D eigenvalue weighted by Gasteiger charge is 2.21. The van der Waals surface area contributed by atoms with Gasteiger partial charge in [-0.3, -0.25) is 9.00 Å². The van der Waals surface area contributed by atoms with E-state index < -0.39 is 10.8 Å². The molecule has 1 aliphatic carbocycles. The van der Waals surface area contributed by atoms with E-state index in [2.05, 4.69) is 10.6 Å². The molecule has 1 aliphatic rings. The average Bonchev–Trinajstić information content (AvgIpc) is 2.81. The van der Waals surface area contributed by atoms with Gasteiger partial charge < -0.3 is 10.6 Å². The minimum atomic E-state index is -0.848. The van der Waals surface area contributed by atoms with Crippen molar-refractivity contribution in [1.82, 2.24) is 10.6 Å². The van der Waals surface area contributed by atoms with Crippen LogP contribution < -0.4 is 10.6 Å². The zero-order chi connectivity index (χ0) is 10.6. The topological polar surface area (TPSA) is 58.2 Å². The molecule has 82 valence electrons. The Morgan fingerprint density at radius 1 is 1.57 bits per heavy atom. The first kappa shape index (κ1) is 11.7. The minimum absolute atomic E-state index is 0.00477. The Hall–Kier alpha value is -0.420. The Kier molecular flexibility index (Phi) is 4.54. The minimum Gasteiger partial charge on any atom is -0.352 e. The second-order valence-corrected chi connectivity index (χ2v) is 5.34. The zero-order valence-corrected chi connectivity index (χ0v) is 9.52. The summed E-state index contributed by atoms with van der Waals surface area (Å²) in [5.41, 5.74) is 0. The molecule has 1 rings (SSSR count). The van der Waals surface area contributed by atoms with Crippen LogP contribution in [0.25, 0.3) is 0 Å². The maximum absolute atomic E-state index is 11.3. The van der Waals surface area contributed by atoms with E-state index >= 15 is 0 Å².